The van der Waals surface area contributed by atoms with Gasteiger partial charge in [0.1, 0.15) is 17.2 Å². The van der Waals surface area contributed by atoms with Crippen LogP contribution in [0.2, 0.25) is 0 Å². The van der Waals surface area contributed by atoms with Crippen molar-refractivity contribution in [2.45, 2.75) is 27.2 Å². The molecule has 0 aliphatic heterocycles. The lowest BCUT2D eigenvalue weighted by Crippen LogP contribution is -2.14. The summed E-state index contributed by atoms with van der Waals surface area (Å²) in [6.45, 7) is 6.45. The lowest BCUT2D eigenvalue weighted by atomic mass is 10.1. The maximum Gasteiger partial charge on any atom is 0.257 e. The van der Waals surface area contributed by atoms with Gasteiger partial charge in [0.2, 0.25) is 0 Å². The molecule has 0 aliphatic carbocycles. The number of hydrogen-bond acceptors (Lipinski definition) is 4. The Morgan fingerprint density at radius 2 is 1.71 bits per heavy atom. The van der Waals surface area contributed by atoms with Crippen molar-refractivity contribution in [2.75, 3.05) is 11.9 Å². The molecule has 1 amide bonds. The number of benzene rings is 2. The fraction of sp³-hybridized carbons (Fsp3) is 0.217. The first-order valence-corrected chi connectivity index (χ1v) is 9.37. The van der Waals surface area contributed by atoms with Gasteiger partial charge in [-0.2, -0.15) is 0 Å². The number of carbonyl (C=O) groups is 1. The normalized spacial score (nSPS) is 10.4. The number of rotatable bonds is 7. The van der Waals surface area contributed by atoms with E-state index in [9.17, 15) is 4.79 Å². The fourth-order valence-corrected chi connectivity index (χ4v) is 2.79. The Labute approximate surface area is 165 Å². The maximum absolute atomic E-state index is 12.6. The summed E-state index contributed by atoms with van der Waals surface area (Å²) in [5.74, 6) is 1.94. The Hall–Kier alpha value is -3.34. The smallest absolute Gasteiger partial charge is 0.257 e. The molecule has 3 rings (SSSR count). The van der Waals surface area contributed by atoms with Gasteiger partial charge >= 0.3 is 0 Å². The minimum absolute atomic E-state index is 0.189. The van der Waals surface area contributed by atoms with Gasteiger partial charge in [-0.3, -0.25) is 9.78 Å². The highest BCUT2D eigenvalue weighted by atomic mass is 16.5. The standard InChI is InChI=1S/C23H24N2O3/c1-4-17-9-14-22(16(3)24-17)23(26)25-18-7-6-8-21(15-18)28-20-12-10-19(11-13-20)27-5-2/h6-15H,4-5H2,1-3H3,(H,25,26). The number of hydrogen-bond donors (Lipinski definition) is 1. The van der Waals surface area contributed by atoms with Crippen LogP contribution in [0.1, 0.15) is 35.6 Å². The summed E-state index contributed by atoms with van der Waals surface area (Å²) in [7, 11) is 0. The molecule has 1 N–H and O–H groups in total. The molecule has 2 aromatic carbocycles. The highest BCUT2D eigenvalue weighted by Gasteiger charge is 2.11. The second kappa shape index (κ2) is 9.04. The van der Waals surface area contributed by atoms with Crippen molar-refractivity contribution in [1.29, 1.82) is 0 Å². The molecule has 3 aromatic rings. The van der Waals surface area contributed by atoms with Gasteiger partial charge in [0.05, 0.1) is 17.9 Å². The van der Waals surface area contributed by atoms with E-state index in [-0.39, 0.29) is 5.91 Å². The predicted octanol–water partition coefficient (Wildman–Crippen LogP) is 5.40. The van der Waals surface area contributed by atoms with E-state index in [1.807, 2.05) is 75.4 Å². The van der Waals surface area contributed by atoms with Crippen LogP contribution in [0.25, 0.3) is 0 Å². The van der Waals surface area contributed by atoms with E-state index in [1.165, 1.54) is 0 Å². The summed E-state index contributed by atoms with van der Waals surface area (Å²) in [6.07, 6.45) is 0.841. The second-order valence-corrected chi connectivity index (χ2v) is 6.28. The van der Waals surface area contributed by atoms with Crippen LogP contribution < -0.4 is 14.8 Å². The predicted molar refractivity (Wildman–Crippen MR) is 110 cm³/mol. The van der Waals surface area contributed by atoms with Crippen molar-refractivity contribution >= 4 is 11.6 Å². The lowest BCUT2D eigenvalue weighted by molar-refractivity contribution is 0.102. The molecular formula is C23H24N2O3. The minimum atomic E-state index is -0.189. The first-order valence-electron chi connectivity index (χ1n) is 9.37. The fourth-order valence-electron chi connectivity index (χ4n) is 2.79. The highest BCUT2D eigenvalue weighted by molar-refractivity contribution is 6.05. The molecule has 5 nitrogen and oxygen atoms in total. The monoisotopic (exact) mass is 376 g/mol. The number of ether oxygens (including phenoxy) is 2. The molecule has 0 saturated heterocycles. The quantitative estimate of drug-likeness (QED) is 0.600. The Kier molecular flexibility index (Phi) is 6.27. The van der Waals surface area contributed by atoms with Gasteiger partial charge in [-0.15, -0.1) is 0 Å². The van der Waals surface area contributed by atoms with Crippen molar-refractivity contribution in [3.8, 4) is 17.2 Å². The SMILES string of the molecule is CCOc1ccc(Oc2cccc(NC(=O)c3ccc(CC)nc3C)c2)cc1. The minimum Gasteiger partial charge on any atom is -0.494 e. The van der Waals surface area contributed by atoms with E-state index < -0.39 is 0 Å². The van der Waals surface area contributed by atoms with Crippen LogP contribution >= 0.6 is 0 Å². The summed E-state index contributed by atoms with van der Waals surface area (Å²) >= 11 is 0. The molecule has 144 valence electrons. The number of anilines is 1. The Morgan fingerprint density at radius 1 is 0.964 bits per heavy atom. The summed E-state index contributed by atoms with van der Waals surface area (Å²) < 4.78 is 11.3. The third kappa shape index (κ3) is 4.88. The van der Waals surface area contributed by atoms with E-state index in [0.29, 0.717) is 29.4 Å². The molecule has 1 heterocycles. The topological polar surface area (TPSA) is 60.5 Å². The zero-order chi connectivity index (χ0) is 19.9. The summed E-state index contributed by atoms with van der Waals surface area (Å²) in [4.78, 5) is 17.0. The van der Waals surface area contributed by atoms with Gasteiger partial charge in [0.15, 0.2) is 0 Å². The number of amides is 1. The van der Waals surface area contributed by atoms with E-state index >= 15 is 0 Å². The van der Waals surface area contributed by atoms with Crippen molar-refractivity contribution in [3.63, 3.8) is 0 Å². The number of aryl methyl sites for hydroxylation is 2. The Bertz CT molecular complexity index is 952. The zero-order valence-electron chi connectivity index (χ0n) is 16.4. The van der Waals surface area contributed by atoms with Gasteiger partial charge in [-0.05, 0) is 68.8 Å². The Balaban J connectivity index is 1.70. The number of nitrogens with zero attached hydrogens (tertiary/aromatic N) is 1. The molecule has 0 bridgehead atoms. The van der Waals surface area contributed by atoms with Crippen LogP contribution in [0, 0.1) is 6.92 Å². The molecule has 0 fully saturated rings. The lowest BCUT2D eigenvalue weighted by Gasteiger charge is -2.11. The van der Waals surface area contributed by atoms with Gasteiger partial charge < -0.3 is 14.8 Å². The third-order valence-electron chi connectivity index (χ3n) is 4.21. The average molecular weight is 376 g/mol. The van der Waals surface area contributed by atoms with Crippen LogP contribution in [0.15, 0.2) is 60.7 Å². The van der Waals surface area contributed by atoms with Crippen LogP contribution in [-0.2, 0) is 6.42 Å². The van der Waals surface area contributed by atoms with Gasteiger partial charge in [0.25, 0.3) is 5.91 Å². The molecule has 0 atom stereocenters. The highest BCUT2D eigenvalue weighted by Crippen LogP contribution is 2.26. The van der Waals surface area contributed by atoms with Crippen LogP contribution in [0.3, 0.4) is 0 Å². The summed E-state index contributed by atoms with van der Waals surface area (Å²) in [5.41, 5.74) is 2.92. The number of aromatic nitrogens is 1. The Morgan fingerprint density at radius 3 is 2.39 bits per heavy atom. The van der Waals surface area contributed by atoms with Gasteiger partial charge in [0, 0.05) is 17.4 Å². The van der Waals surface area contributed by atoms with E-state index in [1.54, 1.807) is 6.07 Å². The first kappa shape index (κ1) is 19.4. The molecule has 5 heteroatoms. The summed E-state index contributed by atoms with van der Waals surface area (Å²) in [5, 5.41) is 2.91. The van der Waals surface area contributed by atoms with Crippen LogP contribution in [0.4, 0.5) is 5.69 Å². The second-order valence-electron chi connectivity index (χ2n) is 6.28. The van der Waals surface area contributed by atoms with Gasteiger partial charge in [-0.1, -0.05) is 13.0 Å². The van der Waals surface area contributed by atoms with Crippen molar-refractivity contribution in [1.82, 2.24) is 4.98 Å². The molecule has 28 heavy (non-hydrogen) atoms. The number of nitrogens with one attached hydrogen (secondary N) is 1. The molecule has 0 aliphatic rings. The molecule has 0 spiro atoms. The first-order chi connectivity index (χ1) is 13.6. The van der Waals surface area contributed by atoms with Crippen LogP contribution in [-0.4, -0.2) is 17.5 Å². The van der Waals surface area contributed by atoms with E-state index in [0.717, 1.165) is 23.6 Å². The summed E-state index contributed by atoms with van der Waals surface area (Å²) in [6, 6.07) is 18.4. The number of pyridine rings is 1. The molecule has 0 unspecified atom stereocenters. The average Bonchev–Trinajstić information content (AvgIpc) is 2.69. The molecule has 0 radical (unpaired) electrons. The zero-order valence-corrected chi connectivity index (χ0v) is 16.4. The third-order valence-corrected chi connectivity index (χ3v) is 4.21. The van der Waals surface area contributed by atoms with E-state index in [4.69, 9.17) is 9.47 Å². The van der Waals surface area contributed by atoms with Crippen molar-refractivity contribution < 1.29 is 14.3 Å². The molecular weight excluding hydrogens is 352 g/mol. The van der Waals surface area contributed by atoms with Crippen molar-refractivity contribution in [2.24, 2.45) is 0 Å². The largest absolute Gasteiger partial charge is 0.494 e. The maximum atomic E-state index is 12.6. The van der Waals surface area contributed by atoms with E-state index in [2.05, 4.69) is 10.3 Å². The van der Waals surface area contributed by atoms with Crippen LogP contribution in [0.5, 0.6) is 17.2 Å². The molecule has 1 aromatic heterocycles. The van der Waals surface area contributed by atoms with Gasteiger partial charge in [-0.25, -0.2) is 0 Å². The number of carbonyl (C=O) groups excluding carboxylic acids is 1. The molecule has 0 saturated carbocycles. The van der Waals surface area contributed by atoms with Crippen molar-refractivity contribution in [3.05, 3.63) is 77.6 Å².